The van der Waals surface area contributed by atoms with Crippen LogP contribution in [0, 0.1) is 0 Å². The molecule has 0 saturated carbocycles. The molecule has 0 aliphatic heterocycles. The maximum atomic E-state index is 10.4. The number of nitrogens with zero attached hydrogens (tertiary/aromatic N) is 1. The third-order valence-electron chi connectivity index (χ3n) is 1.54. The molecule has 1 atom stereocenters. The summed E-state index contributed by atoms with van der Waals surface area (Å²) in [5.41, 5.74) is 0. The van der Waals surface area contributed by atoms with Crippen LogP contribution in [0.15, 0.2) is 30.6 Å². The van der Waals surface area contributed by atoms with Gasteiger partial charge in [0.2, 0.25) is 0 Å². The molecule has 4 nitrogen and oxygen atoms in total. The lowest BCUT2D eigenvalue weighted by molar-refractivity contribution is 0.477. The summed E-state index contributed by atoms with van der Waals surface area (Å²) in [5, 5.41) is 0. The van der Waals surface area contributed by atoms with Crippen LogP contribution in [0.1, 0.15) is 19.8 Å². The van der Waals surface area contributed by atoms with E-state index in [4.69, 9.17) is 4.55 Å². The highest BCUT2D eigenvalue weighted by atomic mass is 33.1. The third-order valence-corrected chi connectivity index (χ3v) is 5.12. The molecule has 1 aromatic rings. The molecule has 0 aliphatic carbocycles. The first-order chi connectivity index (χ1) is 7.52. The van der Waals surface area contributed by atoms with Crippen LogP contribution in [0.2, 0.25) is 0 Å². The average molecular weight is 281 g/mol. The zero-order chi connectivity index (χ0) is 12.4. The molecule has 0 radical (unpaired) electrons. The molecule has 1 heterocycles. The van der Waals surface area contributed by atoms with E-state index in [0.29, 0.717) is 6.42 Å². The molecule has 16 heavy (non-hydrogen) atoms. The summed E-state index contributed by atoms with van der Waals surface area (Å²) in [7, 11) is -3.03. The predicted molar refractivity (Wildman–Crippen MR) is 71.1 cm³/mol. The van der Waals surface area contributed by atoms with Crippen LogP contribution in [0.4, 0.5) is 0 Å². The number of pyridine rings is 1. The van der Waals surface area contributed by atoms with Crippen molar-refractivity contribution < 1.29 is 13.0 Å². The highest BCUT2D eigenvalue weighted by Crippen LogP contribution is 2.23. The van der Waals surface area contributed by atoms with Crippen LogP contribution in [0.5, 0.6) is 0 Å². The molecule has 0 bridgehead atoms. The maximum absolute atomic E-state index is 10.4. The summed E-state index contributed by atoms with van der Waals surface area (Å²) in [6, 6.07) is 5.72. The standard InChI is InChI=1S/C5H5N.C4H10O3S3/c1-2-4-6-5-3-1;1-2-3-4(9-8)10(5,6)7/h1-5H;4,8H,2-3H2,1H3,(H,5,6,7). The second-order valence-corrected chi connectivity index (χ2v) is 6.17. The fourth-order valence-corrected chi connectivity index (χ4v) is 3.41. The summed E-state index contributed by atoms with van der Waals surface area (Å²) in [4.78, 5) is 3.78. The zero-order valence-corrected chi connectivity index (χ0v) is 11.4. The van der Waals surface area contributed by atoms with Gasteiger partial charge in [-0.25, -0.2) is 0 Å². The summed E-state index contributed by atoms with van der Waals surface area (Å²) >= 11 is 3.72. The molecule has 1 N–H and O–H groups in total. The van der Waals surface area contributed by atoms with Gasteiger partial charge in [-0.1, -0.05) is 30.2 Å². The van der Waals surface area contributed by atoms with Gasteiger partial charge in [0.25, 0.3) is 10.1 Å². The van der Waals surface area contributed by atoms with E-state index in [1.54, 1.807) is 12.4 Å². The third kappa shape index (κ3) is 7.98. The lowest BCUT2D eigenvalue weighted by atomic mass is 10.4. The van der Waals surface area contributed by atoms with Gasteiger partial charge in [-0.15, -0.1) is 11.7 Å². The van der Waals surface area contributed by atoms with E-state index in [9.17, 15) is 8.42 Å². The molecule has 92 valence electrons. The molecule has 7 heteroatoms. The van der Waals surface area contributed by atoms with Crippen molar-refractivity contribution in [3.05, 3.63) is 30.6 Å². The van der Waals surface area contributed by atoms with Crippen LogP contribution in [0.25, 0.3) is 0 Å². The lowest BCUT2D eigenvalue weighted by Gasteiger charge is -2.06. The van der Waals surface area contributed by atoms with Gasteiger partial charge in [0.15, 0.2) is 0 Å². The molecule has 0 amide bonds. The smallest absolute Gasteiger partial charge is 0.278 e. The van der Waals surface area contributed by atoms with Gasteiger partial charge in [-0.3, -0.25) is 9.54 Å². The van der Waals surface area contributed by atoms with Gasteiger partial charge in [-0.05, 0) is 18.6 Å². The Hall–Kier alpha value is -0.240. The molecule has 1 aromatic heterocycles. The van der Waals surface area contributed by atoms with Crippen molar-refractivity contribution in [1.82, 2.24) is 4.98 Å². The first kappa shape index (κ1) is 15.8. The Bertz CT molecular complexity index is 329. The fourth-order valence-electron chi connectivity index (χ4n) is 0.804. The molecule has 0 aromatic carbocycles. The minimum Gasteiger partial charge on any atom is -0.285 e. The van der Waals surface area contributed by atoms with Gasteiger partial charge in [0, 0.05) is 12.4 Å². The van der Waals surface area contributed by atoms with Crippen LogP contribution >= 0.6 is 22.5 Å². The van der Waals surface area contributed by atoms with Crippen molar-refractivity contribution in [3.63, 3.8) is 0 Å². The van der Waals surface area contributed by atoms with E-state index in [1.807, 2.05) is 25.1 Å². The molecule has 0 saturated heterocycles. The van der Waals surface area contributed by atoms with Gasteiger partial charge in [0.1, 0.15) is 4.58 Å². The summed E-state index contributed by atoms with van der Waals surface area (Å²) in [6.45, 7) is 1.85. The topological polar surface area (TPSA) is 67.3 Å². The number of hydrogen-bond acceptors (Lipinski definition) is 5. The minimum atomic E-state index is -3.89. The maximum Gasteiger partial charge on any atom is 0.278 e. The molecule has 0 aliphatic rings. The van der Waals surface area contributed by atoms with Gasteiger partial charge >= 0.3 is 0 Å². The number of hydrogen-bond donors (Lipinski definition) is 2. The predicted octanol–water partition coefficient (Wildman–Crippen LogP) is 2.66. The van der Waals surface area contributed by atoms with Gasteiger partial charge < -0.3 is 0 Å². The average Bonchev–Trinajstić information content (AvgIpc) is 2.27. The van der Waals surface area contributed by atoms with E-state index in [-0.39, 0.29) is 0 Å². The molecule has 0 fully saturated rings. The highest BCUT2D eigenvalue weighted by Gasteiger charge is 2.20. The minimum absolute atomic E-state index is 0.438. The van der Waals surface area contributed by atoms with E-state index in [2.05, 4.69) is 16.6 Å². The Morgan fingerprint density at radius 2 is 1.94 bits per heavy atom. The first-order valence-electron chi connectivity index (χ1n) is 4.63. The fraction of sp³-hybridized carbons (Fsp3) is 0.444. The summed E-state index contributed by atoms with van der Waals surface area (Å²) < 4.78 is 28.6. The zero-order valence-electron chi connectivity index (χ0n) is 8.85. The first-order valence-corrected chi connectivity index (χ1v) is 8.07. The van der Waals surface area contributed by atoms with Crippen molar-refractivity contribution in [2.75, 3.05) is 0 Å². The molecular weight excluding hydrogens is 266 g/mol. The number of thiol groups is 1. The SMILES string of the molecule is CCCC(SS)S(=O)(=O)O.c1ccncc1. The van der Waals surface area contributed by atoms with E-state index < -0.39 is 14.7 Å². The van der Waals surface area contributed by atoms with E-state index in [1.165, 1.54) is 0 Å². The van der Waals surface area contributed by atoms with Crippen molar-refractivity contribution >= 4 is 32.6 Å². The van der Waals surface area contributed by atoms with Crippen LogP contribution in [-0.4, -0.2) is 22.5 Å². The van der Waals surface area contributed by atoms with Crippen molar-refractivity contribution in [3.8, 4) is 0 Å². The molecule has 1 rings (SSSR count). The van der Waals surface area contributed by atoms with Crippen molar-refractivity contribution in [2.24, 2.45) is 0 Å². The lowest BCUT2D eigenvalue weighted by Crippen LogP contribution is -2.14. The van der Waals surface area contributed by atoms with Crippen LogP contribution < -0.4 is 0 Å². The quantitative estimate of drug-likeness (QED) is 0.504. The van der Waals surface area contributed by atoms with Gasteiger partial charge in [0.05, 0.1) is 0 Å². The Labute approximate surface area is 105 Å². The summed E-state index contributed by atoms with van der Waals surface area (Å²) in [6.07, 6.45) is 4.66. The van der Waals surface area contributed by atoms with Gasteiger partial charge in [-0.2, -0.15) is 8.42 Å². The molecule has 1 unspecified atom stereocenters. The van der Waals surface area contributed by atoms with E-state index in [0.717, 1.165) is 17.2 Å². The Kier molecular flexibility index (Phi) is 8.73. The normalized spacial score (nSPS) is 12.4. The molecular formula is C9H15NO3S3. The Balaban J connectivity index is 0.000000315. The van der Waals surface area contributed by atoms with Crippen molar-refractivity contribution in [1.29, 1.82) is 0 Å². The summed E-state index contributed by atoms with van der Waals surface area (Å²) in [5.74, 6) is 0. The second kappa shape index (κ2) is 8.86. The molecule has 0 spiro atoms. The number of rotatable bonds is 4. The Morgan fingerprint density at radius 1 is 1.38 bits per heavy atom. The van der Waals surface area contributed by atoms with E-state index >= 15 is 0 Å². The monoisotopic (exact) mass is 281 g/mol. The van der Waals surface area contributed by atoms with Crippen LogP contribution in [0.3, 0.4) is 0 Å². The second-order valence-electron chi connectivity index (χ2n) is 2.86. The highest BCUT2D eigenvalue weighted by molar-refractivity contribution is 8.70. The largest absolute Gasteiger partial charge is 0.285 e. The van der Waals surface area contributed by atoms with Crippen molar-refractivity contribution in [2.45, 2.75) is 24.3 Å². The van der Waals surface area contributed by atoms with Crippen LogP contribution in [-0.2, 0) is 10.1 Å². The Morgan fingerprint density at radius 3 is 2.06 bits per heavy atom. The number of aromatic nitrogens is 1.